The average Bonchev–Trinajstić information content (AvgIpc) is 3.94. The summed E-state index contributed by atoms with van der Waals surface area (Å²) >= 11 is 0. The van der Waals surface area contributed by atoms with E-state index in [4.69, 9.17) is 18.3 Å². The number of hydrogen-bond donors (Lipinski definition) is 0. The van der Waals surface area contributed by atoms with E-state index in [1.165, 1.54) is 38.6 Å². The van der Waals surface area contributed by atoms with Crippen LogP contribution in [0, 0.1) is 20.8 Å². The number of para-hydroxylation sites is 2. The molecule has 12 rings (SSSR count). The van der Waals surface area contributed by atoms with Gasteiger partial charge >= 0.3 is 0 Å². The number of fused-ring (bicyclic) bond motifs is 8. The van der Waals surface area contributed by atoms with Gasteiger partial charge in [-0.2, -0.15) is 0 Å². The third-order valence-corrected chi connectivity index (χ3v) is 13.9. The smallest absolute Gasteiger partial charge is 0.252 e. The first-order valence-electron chi connectivity index (χ1n) is 23.3. The van der Waals surface area contributed by atoms with E-state index < -0.39 is 0 Å². The first-order valence-corrected chi connectivity index (χ1v) is 23.3. The minimum atomic E-state index is -0.103. The third kappa shape index (κ3) is 6.30. The number of nitrogens with zero attached hydrogens (tertiary/aromatic N) is 2. The summed E-state index contributed by atoms with van der Waals surface area (Å²) in [4.78, 5) is 5.00. The van der Waals surface area contributed by atoms with Crippen molar-refractivity contribution in [3.05, 3.63) is 161 Å². The fourth-order valence-electron chi connectivity index (χ4n) is 10.7. The first kappa shape index (κ1) is 40.4. The van der Waals surface area contributed by atoms with Crippen molar-refractivity contribution in [2.75, 3.05) is 23.0 Å². The van der Waals surface area contributed by atoms with Crippen LogP contribution in [0.5, 0.6) is 11.5 Å². The van der Waals surface area contributed by atoms with Crippen molar-refractivity contribution in [1.29, 1.82) is 0 Å². The zero-order valence-electron chi connectivity index (χ0n) is 39.2. The molecule has 7 aromatic carbocycles. The van der Waals surface area contributed by atoms with Crippen molar-refractivity contribution in [1.82, 2.24) is 0 Å². The van der Waals surface area contributed by atoms with Crippen LogP contribution in [0.15, 0.2) is 142 Å². The van der Waals surface area contributed by atoms with Crippen LogP contribution in [0.3, 0.4) is 0 Å². The maximum absolute atomic E-state index is 6.73. The van der Waals surface area contributed by atoms with Crippen molar-refractivity contribution in [3.63, 3.8) is 0 Å². The maximum Gasteiger partial charge on any atom is 0.252 e. The Morgan fingerprint density at radius 1 is 0.500 bits per heavy atom. The highest BCUT2D eigenvalue weighted by molar-refractivity contribution is 7.00. The molecule has 66 heavy (non-hydrogen) atoms. The third-order valence-electron chi connectivity index (χ3n) is 13.9. The lowest BCUT2D eigenvalue weighted by Gasteiger charge is -2.46. The van der Waals surface area contributed by atoms with Crippen LogP contribution in [0.25, 0.3) is 44.6 Å². The van der Waals surface area contributed by atoms with Crippen LogP contribution in [0.4, 0.5) is 34.1 Å². The van der Waals surface area contributed by atoms with Gasteiger partial charge in [0, 0.05) is 44.6 Å². The number of furan rings is 2. The highest BCUT2D eigenvalue weighted by atomic mass is 16.6. The fourth-order valence-corrected chi connectivity index (χ4v) is 10.7. The summed E-state index contributed by atoms with van der Waals surface area (Å²) in [6, 6.07) is 48.6. The van der Waals surface area contributed by atoms with Crippen LogP contribution in [-0.4, -0.2) is 19.9 Å². The lowest BCUT2D eigenvalue weighted by atomic mass is 9.33. The molecular formula is C59H53BN2O4. The number of hydrogen-bond acceptors (Lipinski definition) is 6. The molecule has 0 fully saturated rings. The Morgan fingerprint density at radius 3 is 1.70 bits per heavy atom. The van der Waals surface area contributed by atoms with Gasteiger partial charge in [0.15, 0.2) is 11.5 Å². The summed E-state index contributed by atoms with van der Waals surface area (Å²) in [7, 11) is 0. The molecule has 7 heteroatoms. The average molecular weight is 865 g/mol. The number of anilines is 6. The zero-order chi connectivity index (χ0) is 45.4. The van der Waals surface area contributed by atoms with E-state index in [9.17, 15) is 0 Å². The normalized spacial score (nSPS) is 14.2. The van der Waals surface area contributed by atoms with E-state index in [2.05, 4.69) is 181 Å². The molecule has 0 amide bonds. The number of ether oxygens (including phenoxy) is 2. The first-order chi connectivity index (χ1) is 31.7. The summed E-state index contributed by atoms with van der Waals surface area (Å²) in [5.74, 6) is 3.19. The quantitative estimate of drug-likeness (QED) is 0.164. The summed E-state index contributed by atoms with van der Waals surface area (Å²) in [5.41, 5.74) is 20.1. The van der Waals surface area contributed by atoms with Gasteiger partial charge in [-0.15, -0.1) is 0 Å². The number of aryl methyl sites for hydroxylation is 3. The molecular weight excluding hydrogens is 811 g/mol. The van der Waals surface area contributed by atoms with Crippen molar-refractivity contribution in [2.24, 2.45) is 0 Å². The van der Waals surface area contributed by atoms with Crippen LogP contribution in [0.2, 0.25) is 0 Å². The van der Waals surface area contributed by atoms with E-state index in [1.54, 1.807) is 0 Å². The van der Waals surface area contributed by atoms with Crippen molar-refractivity contribution < 1.29 is 18.3 Å². The van der Waals surface area contributed by atoms with Gasteiger partial charge in [0.05, 0.1) is 11.4 Å². The minimum absolute atomic E-state index is 0.00925. The van der Waals surface area contributed by atoms with Gasteiger partial charge < -0.3 is 28.1 Å². The minimum Gasteiger partial charge on any atom is -0.486 e. The Balaban J connectivity index is 1.17. The highest BCUT2D eigenvalue weighted by Crippen LogP contribution is 2.52. The predicted molar refractivity (Wildman–Crippen MR) is 273 cm³/mol. The largest absolute Gasteiger partial charge is 0.486 e. The molecule has 9 aromatic rings. The zero-order valence-corrected chi connectivity index (χ0v) is 39.2. The van der Waals surface area contributed by atoms with Gasteiger partial charge in [-0.1, -0.05) is 108 Å². The van der Waals surface area contributed by atoms with Gasteiger partial charge in [-0.25, -0.2) is 0 Å². The van der Waals surface area contributed by atoms with Crippen molar-refractivity contribution in [2.45, 2.75) is 73.1 Å². The molecule has 0 spiro atoms. The summed E-state index contributed by atoms with van der Waals surface area (Å²) in [6.07, 6.45) is 0. The Morgan fingerprint density at radius 2 is 1.09 bits per heavy atom. The SMILES string of the molecule is Cc1cc2c3c(c1)N(c1c(C)cc(C(C)(C)C)cc1C)c1c(ccc4c1OCCO4)B3c1cc(C(C)(C)C)ccc1N2c1cc(-c2cc3ccccc3o2)cc(-c2cc3ccccc3o2)c1. The molecule has 0 radical (unpaired) electrons. The Hall–Kier alpha value is -7.12. The molecule has 2 aromatic heterocycles. The van der Waals surface area contributed by atoms with E-state index in [0.717, 1.165) is 95.8 Å². The molecule has 5 heterocycles. The standard InChI is InChI=1S/C59H53BN2O4/c1-34-24-47-54-48(25-34)62(55-35(2)26-42(27-36(55)3)59(7,8)9)56-44(19-21-51-57(56)64-23-22-63-51)60(54)45-33-41(58(4,5)6)18-20-46(45)61(47)43-29-39(52-31-37-14-10-12-16-49(37)65-52)28-40(30-43)53-32-38-15-11-13-17-50(38)66-53/h10-21,24-33H,22-23H2,1-9H3. The Bertz CT molecular complexity index is 3290. The van der Waals surface area contributed by atoms with Gasteiger partial charge in [0.2, 0.25) is 0 Å². The van der Waals surface area contributed by atoms with Gasteiger partial charge in [0.1, 0.15) is 35.9 Å². The predicted octanol–water partition coefficient (Wildman–Crippen LogP) is 13.9. The number of rotatable bonds is 4. The molecule has 0 saturated heterocycles. The molecule has 0 bridgehead atoms. The van der Waals surface area contributed by atoms with E-state index in [1.807, 2.05) is 24.3 Å². The molecule has 0 aliphatic carbocycles. The second kappa shape index (κ2) is 14.4. The fraction of sp³-hybridized carbons (Fsp3) is 0.220. The van der Waals surface area contributed by atoms with Gasteiger partial charge in [-0.05, 0) is 143 Å². The van der Waals surface area contributed by atoms with Crippen LogP contribution >= 0.6 is 0 Å². The van der Waals surface area contributed by atoms with Crippen molar-refractivity contribution in [3.8, 4) is 34.1 Å². The summed E-state index contributed by atoms with van der Waals surface area (Å²) in [6.45, 7) is 21.4. The van der Waals surface area contributed by atoms with Crippen LogP contribution in [-0.2, 0) is 10.8 Å². The monoisotopic (exact) mass is 864 g/mol. The topological polar surface area (TPSA) is 51.2 Å². The summed E-state index contributed by atoms with van der Waals surface area (Å²) in [5, 5.41) is 2.13. The molecule has 0 N–H and O–H groups in total. The molecule has 0 saturated carbocycles. The second-order valence-corrected chi connectivity index (χ2v) is 20.6. The van der Waals surface area contributed by atoms with Crippen LogP contribution in [0.1, 0.15) is 69.4 Å². The number of benzene rings is 7. The molecule has 3 aliphatic rings. The van der Waals surface area contributed by atoms with E-state index in [0.29, 0.717) is 13.2 Å². The molecule has 326 valence electrons. The van der Waals surface area contributed by atoms with Gasteiger partial charge in [-0.3, -0.25) is 0 Å². The Labute approximate surface area is 387 Å². The maximum atomic E-state index is 6.73. The molecule has 6 nitrogen and oxygen atoms in total. The van der Waals surface area contributed by atoms with Crippen molar-refractivity contribution >= 4 is 79.2 Å². The summed E-state index contributed by atoms with van der Waals surface area (Å²) < 4.78 is 26.4. The Kier molecular flexibility index (Phi) is 8.84. The highest BCUT2D eigenvalue weighted by Gasteiger charge is 2.46. The van der Waals surface area contributed by atoms with Gasteiger partial charge in [0.25, 0.3) is 6.71 Å². The lowest BCUT2D eigenvalue weighted by molar-refractivity contribution is 0.172. The second-order valence-electron chi connectivity index (χ2n) is 20.6. The lowest BCUT2D eigenvalue weighted by Crippen LogP contribution is -2.61. The van der Waals surface area contributed by atoms with E-state index >= 15 is 0 Å². The molecule has 3 aliphatic heterocycles. The molecule has 0 atom stereocenters. The van der Waals surface area contributed by atoms with Crippen LogP contribution < -0.4 is 35.7 Å². The van der Waals surface area contributed by atoms with E-state index in [-0.39, 0.29) is 17.5 Å². The molecule has 0 unspecified atom stereocenters.